The lowest BCUT2D eigenvalue weighted by Gasteiger charge is -2.06. The number of nitrogens with one attached hydrogen (secondary N) is 1. The molecule has 0 bridgehead atoms. The number of carbonyl (C=O) groups excluding carboxylic acids is 1. The zero-order valence-electron chi connectivity index (χ0n) is 13.0. The Morgan fingerprint density at radius 1 is 1.21 bits per heavy atom. The number of hydrogen-bond donors (Lipinski definition) is 2. The van der Waals surface area contributed by atoms with Gasteiger partial charge in [-0.1, -0.05) is 40.2 Å². The molecule has 0 aliphatic rings. The number of aliphatic carboxylic acids is 1. The third-order valence-electron chi connectivity index (χ3n) is 3.04. The van der Waals surface area contributed by atoms with Crippen molar-refractivity contribution in [1.82, 2.24) is 0 Å². The molecule has 124 valence electrons. The molecule has 0 aliphatic heterocycles. The monoisotopic (exact) mass is 405 g/mol. The Morgan fingerprint density at radius 3 is 2.54 bits per heavy atom. The lowest BCUT2D eigenvalue weighted by Crippen LogP contribution is -2.15. The molecule has 0 heterocycles. The molecule has 0 spiro atoms. The number of halogens is 1. The van der Waals surface area contributed by atoms with Gasteiger partial charge in [-0.25, -0.2) is 4.79 Å². The first-order valence-electron chi connectivity index (χ1n) is 7.14. The standard InChI is InChI=1S/C18H16BrNO3S/c1-12-3-2-4-15(9-12)20-17(21)11-24-16(18(22)23)10-13-5-7-14(19)8-6-13/h2-10H,11H2,1H3,(H,20,21)(H,22,23)/b16-10+. The third-order valence-corrected chi connectivity index (χ3v) is 4.58. The van der Waals surface area contributed by atoms with Crippen molar-refractivity contribution in [3.63, 3.8) is 0 Å². The summed E-state index contributed by atoms with van der Waals surface area (Å²) in [6.45, 7) is 1.94. The molecule has 0 radical (unpaired) electrons. The van der Waals surface area contributed by atoms with Gasteiger partial charge >= 0.3 is 5.97 Å². The highest BCUT2D eigenvalue weighted by molar-refractivity contribution is 9.10. The Hall–Kier alpha value is -2.05. The quantitative estimate of drug-likeness (QED) is 0.691. The van der Waals surface area contributed by atoms with Crippen LogP contribution in [-0.2, 0) is 9.59 Å². The molecule has 0 aliphatic carbocycles. The topological polar surface area (TPSA) is 66.4 Å². The minimum Gasteiger partial charge on any atom is -0.477 e. The zero-order chi connectivity index (χ0) is 17.5. The molecule has 4 nitrogen and oxygen atoms in total. The summed E-state index contributed by atoms with van der Waals surface area (Å²) in [5.41, 5.74) is 2.51. The number of benzene rings is 2. The van der Waals surface area contributed by atoms with E-state index in [9.17, 15) is 14.7 Å². The lowest BCUT2D eigenvalue weighted by molar-refractivity contribution is -0.131. The van der Waals surface area contributed by atoms with Crippen molar-refractivity contribution in [3.05, 3.63) is 69.0 Å². The van der Waals surface area contributed by atoms with Gasteiger partial charge in [-0.2, -0.15) is 0 Å². The predicted octanol–water partition coefficient (Wildman–Crippen LogP) is 4.55. The van der Waals surface area contributed by atoms with E-state index in [1.165, 1.54) is 0 Å². The fraction of sp³-hybridized carbons (Fsp3) is 0.111. The molecule has 6 heteroatoms. The molecule has 2 N–H and O–H groups in total. The molecule has 24 heavy (non-hydrogen) atoms. The van der Waals surface area contributed by atoms with E-state index in [0.29, 0.717) is 5.69 Å². The largest absolute Gasteiger partial charge is 0.477 e. The number of rotatable bonds is 6. The van der Waals surface area contributed by atoms with Gasteiger partial charge in [0.25, 0.3) is 0 Å². The second-order valence-electron chi connectivity index (χ2n) is 5.07. The van der Waals surface area contributed by atoms with E-state index in [0.717, 1.165) is 27.4 Å². The van der Waals surface area contributed by atoms with Crippen molar-refractivity contribution in [2.75, 3.05) is 11.1 Å². The normalized spacial score (nSPS) is 11.2. The highest BCUT2D eigenvalue weighted by Crippen LogP contribution is 2.21. The van der Waals surface area contributed by atoms with E-state index in [2.05, 4.69) is 21.2 Å². The summed E-state index contributed by atoms with van der Waals surface area (Å²) in [4.78, 5) is 23.5. The first-order chi connectivity index (χ1) is 11.4. The van der Waals surface area contributed by atoms with Crippen molar-refractivity contribution < 1.29 is 14.7 Å². The molecule has 2 rings (SSSR count). The van der Waals surface area contributed by atoms with E-state index in [4.69, 9.17) is 0 Å². The predicted molar refractivity (Wildman–Crippen MR) is 102 cm³/mol. The highest BCUT2D eigenvalue weighted by atomic mass is 79.9. The van der Waals surface area contributed by atoms with Crippen molar-refractivity contribution >= 4 is 51.3 Å². The maximum Gasteiger partial charge on any atom is 0.342 e. The Balaban J connectivity index is 1.99. The number of carboxylic acids is 1. The number of carbonyl (C=O) groups is 2. The van der Waals surface area contributed by atoms with Crippen LogP contribution in [0.5, 0.6) is 0 Å². The van der Waals surface area contributed by atoms with E-state index in [1.807, 2.05) is 37.3 Å². The average Bonchev–Trinajstić information content (AvgIpc) is 2.53. The molecule has 0 saturated heterocycles. The van der Waals surface area contributed by atoms with Crippen molar-refractivity contribution in [1.29, 1.82) is 0 Å². The van der Waals surface area contributed by atoms with Crippen molar-refractivity contribution in [3.8, 4) is 0 Å². The summed E-state index contributed by atoms with van der Waals surface area (Å²) in [7, 11) is 0. The zero-order valence-corrected chi connectivity index (χ0v) is 15.4. The van der Waals surface area contributed by atoms with Crippen LogP contribution in [0.15, 0.2) is 57.9 Å². The molecule has 2 aromatic rings. The fourth-order valence-electron chi connectivity index (χ4n) is 1.94. The first kappa shape index (κ1) is 18.3. The van der Waals surface area contributed by atoms with E-state index >= 15 is 0 Å². The van der Waals surface area contributed by atoms with Crippen molar-refractivity contribution in [2.45, 2.75) is 6.92 Å². The summed E-state index contributed by atoms with van der Waals surface area (Å²) in [6.07, 6.45) is 1.55. The second-order valence-corrected chi connectivity index (χ2v) is 7.00. The molecule has 0 fully saturated rings. The summed E-state index contributed by atoms with van der Waals surface area (Å²) in [5, 5.41) is 12.1. The van der Waals surface area contributed by atoms with Crippen LogP contribution in [-0.4, -0.2) is 22.7 Å². The Morgan fingerprint density at radius 2 is 1.92 bits per heavy atom. The van der Waals surface area contributed by atoms with E-state index in [1.54, 1.807) is 24.3 Å². The van der Waals surface area contributed by atoms with Crippen LogP contribution < -0.4 is 5.32 Å². The Labute approximate surface area is 153 Å². The maximum absolute atomic E-state index is 12.0. The van der Waals surface area contributed by atoms with Gasteiger partial charge in [-0.3, -0.25) is 4.79 Å². The van der Waals surface area contributed by atoms with Gasteiger partial charge in [0, 0.05) is 10.2 Å². The number of thioether (sulfide) groups is 1. The number of hydrogen-bond acceptors (Lipinski definition) is 3. The lowest BCUT2D eigenvalue weighted by atomic mass is 10.2. The van der Waals surface area contributed by atoms with Crippen LogP contribution in [0.2, 0.25) is 0 Å². The Bertz CT molecular complexity index is 772. The molecule has 0 unspecified atom stereocenters. The van der Waals surface area contributed by atoms with Gasteiger partial charge in [-0.15, -0.1) is 11.8 Å². The van der Waals surface area contributed by atoms with Gasteiger partial charge in [0.1, 0.15) is 0 Å². The number of carboxylic acid groups (broad SMARTS) is 1. The van der Waals surface area contributed by atoms with Crippen molar-refractivity contribution in [2.24, 2.45) is 0 Å². The van der Waals surface area contributed by atoms with Crippen LogP contribution in [0.25, 0.3) is 6.08 Å². The van der Waals surface area contributed by atoms with Crippen LogP contribution in [0, 0.1) is 6.92 Å². The van der Waals surface area contributed by atoms with Crippen LogP contribution >= 0.6 is 27.7 Å². The molecular formula is C18H16BrNO3S. The summed E-state index contributed by atoms with van der Waals surface area (Å²) < 4.78 is 0.918. The molecular weight excluding hydrogens is 390 g/mol. The molecule has 0 aromatic heterocycles. The maximum atomic E-state index is 12.0. The number of anilines is 1. The summed E-state index contributed by atoms with van der Waals surface area (Å²) in [5.74, 6) is -1.26. The second kappa shape index (κ2) is 8.70. The van der Waals surface area contributed by atoms with Gasteiger partial charge < -0.3 is 10.4 Å². The molecule has 0 saturated carbocycles. The summed E-state index contributed by atoms with van der Waals surface area (Å²) >= 11 is 4.33. The smallest absolute Gasteiger partial charge is 0.342 e. The molecule has 1 amide bonds. The highest BCUT2D eigenvalue weighted by Gasteiger charge is 2.11. The Kier molecular flexibility index (Phi) is 6.63. The number of amides is 1. The third kappa shape index (κ3) is 5.86. The number of aryl methyl sites for hydroxylation is 1. The van der Waals surface area contributed by atoms with E-state index < -0.39 is 5.97 Å². The fourth-order valence-corrected chi connectivity index (χ4v) is 2.90. The first-order valence-corrected chi connectivity index (χ1v) is 8.92. The minimum absolute atomic E-state index is 0.0304. The van der Waals surface area contributed by atoms with Crippen LogP contribution in [0.1, 0.15) is 11.1 Å². The average molecular weight is 406 g/mol. The van der Waals surface area contributed by atoms with E-state index in [-0.39, 0.29) is 16.6 Å². The van der Waals surface area contributed by atoms with Gasteiger partial charge in [0.15, 0.2) is 0 Å². The van der Waals surface area contributed by atoms with Gasteiger partial charge in [0.2, 0.25) is 5.91 Å². The summed E-state index contributed by atoms with van der Waals surface area (Å²) in [6, 6.07) is 14.7. The molecule has 0 atom stereocenters. The van der Waals surface area contributed by atoms with Gasteiger partial charge in [-0.05, 0) is 48.4 Å². The minimum atomic E-state index is -1.05. The molecule has 2 aromatic carbocycles. The SMILES string of the molecule is Cc1cccc(NC(=O)CS/C(=C/c2ccc(Br)cc2)C(=O)O)c1. The van der Waals surface area contributed by atoms with Crippen LogP contribution in [0.3, 0.4) is 0 Å². The van der Waals surface area contributed by atoms with Gasteiger partial charge in [0.05, 0.1) is 10.7 Å². The van der Waals surface area contributed by atoms with Crippen LogP contribution in [0.4, 0.5) is 5.69 Å².